The Balaban J connectivity index is 1.82. The highest BCUT2D eigenvalue weighted by atomic mass is 16.2. The summed E-state index contributed by atoms with van der Waals surface area (Å²) in [5, 5.41) is 3.71. The van der Waals surface area contributed by atoms with Gasteiger partial charge in [-0.15, -0.1) is 0 Å². The molecule has 3 rings (SSSR count). The molecule has 21 heavy (non-hydrogen) atoms. The average Bonchev–Trinajstić information content (AvgIpc) is 2.83. The van der Waals surface area contributed by atoms with Crippen LogP contribution in [0, 0.1) is 6.92 Å². The maximum Gasteiger partial charge on any atom is 0.292 e. The normalized spacial score (nSPS) is 16.0. The van der Waals surface area contributed by atoms with E-state index in [-0.39, 0.29) is 6.04 Å². The van der Waals surface area contributed by atoms with Gasteiger partial charge in [0.15, 0.2) is 0 Å². The van der Waals surface area contributed by atoms with E-state index in [2.05, 4.69) is 10.3 Å². The third kappa shape index (κ3) is 2.71. The number of H-pyrrole nitrogens is 1. The van der Waals surface area contributed by atoms with Crippen LogP contribution in [0.4, 0.5) is 0 Å². The summed E-state index contributed by atoms with van der Waals surface area (Å²) in [5.74, 6) is -0.912. The van der Waals surface area contributed by atoms with Crippen molar-refractivity contribution in [1.82, 2.24) is 10.3 Å². The minimum Gasteiger partial charge on any atom is -0.358 e. The van der Waals surface area contributed by atoms with Crippen LogP contribution in [-0.2, 0) is 4.79 Å². The van der Waals surface area contributed by atoms with Crippen molar-refractivity contribution >= 4 is 22.6 Å². The van der Waals surface area contributed by atoms with E-state index in [1.54, 1.807) is 0 Å². The molecule has 2 N–H and O–H groups in total. The number of aromatic nitrogens is 1. The molecule has 0 atom stereocenters. The monoisotopic (exact) mass is 284 g/mol. The van der Waals surface area contributed by atoms with Crippen molar-refractivity contribution in [1.29, 1.82) is 0 Å². The fraction of sp³-hybridized carbons (Fsp3) is 0.412. The fourth-order valence-corrected chi connectivity index (χ4v) is 3.18. The van der Waals surface area contributed by atoms with Gasteiger partial charge >= 0.3 is 0 Å². The number of ketones is 1. The zero-order valence-electron chi connectivity index (χ0n) is 12.2. The van der Waals surface area contributed by atoms with Crippen molar-refractivity contribution in [3.8, 4) is 0 Å². The van der Waals surface area contributed by atoms with Gasteiger partial charge in [0.2, 0.25) is 0 Å². The first-order valence-electron chi connectivity index (χ1n) is 7.59. The minimum absolute atomic E-state index is 0.153. The minimum atomic E-state index is -0.477. The first kappa shape index (κ1) is 13.9. The number of para-hydroxylation sites is 1. The van der Waals surface area contributed by atoms with Crippen LogP contribution in [0.2, 0.25) is 0 Å². The Morgan fingerprint density at radius 1 is 1.14 bits per heavy atom. The second-order valence-electron chi connectivity index (χ2n) is 5.81. The molecule has 0 spiro atoms. The van der Waals surface area contributed by atoms with Crippen LogP contribution in [0.5, 0.6) is 0 Å². The number of hydrogen-bond donors (Lipinski definition) is 2. The average molecular weight is 284 g/mol. The maximum atomic E-state index is 12.5. The first-order chi connectivity index (χ1) is 10.2. The van der Waals surface area contributed by atoms with E-state index >= 15 is 0 Å². The number of Topliss-reactive ketones (excluding diaryl/α,β-unsaturated/α-hetero) is 1. The van der Waals surface area contributed by atoms with Gasteiger partial charge in [-0.3, -0.25) is 9.59 Å². The standard InChI is InChI=1S/C17H20N2O2/c1-11-15(13-9-5-6-10-14(13)18-11)16(20)17(21)19-12-7-3-2-4-8-12/h5-6,9-10,12,18H,2-4,7-8H2,1H3,(H,19,21). The van der Waals surface area contributed by atoms with Crippen LogP contribution < -0.4 is 5.32 Å². The molecule has 1 aromatic heterocycles. The number of fused-ring (bicyclic) bond motifs is 1. The van der Waals surface area contributed by atoms with E-state index in [1.807, 2.05) is 31.2 Å². The highest BCUT2D eigenvalue weighted by Gasteiger charge is 2.25. The van der Waals surface area contributed by atoms with E-state index in [1.165, 1.54) is 6.42 Å². The van der Waals surface area contributed by atoms with E-state index in [0.29, 0.717) is 5.56 Å². The highest BCUT2D eigenvalue weighted by Crippen LogP contribution is 2.23. The van der Waals surface area contributed by atoms with Gasteiger partial charge in [0.25, 0.3) is 11.7 Å². The summed E-state index contributed by atoms with van der Waals surface area (Å²) >= 11 is 0. The molecular formula is C17H20N2O2. The van der Waals surface area contributed by atoms with Crippen molar-refractivity contribution in [3.05, 3.63) is 35.5 Å². The summed E-state index contributed by atoms with van der Waals surface area (Å²) in [5.41, 5.74) is 2.14. The van der Waals surface area contributed by atoms with Crippen LogP contribution in [0.3, 0.4) is 0 Å². The molecule has 1 aliphatic rings. The zero-order valence-corrected chi connectivity index (χ0v) is 12.2. The van der Waals surface area contributed by atoms with E-state index < -0.39 is 11.7 Å². The lowest BCUT2D eigenvalue weighted by Crippen LogP contribution is -2.40. The van der Waals surface area contributed by atoms with Gasteiger partial charge in [-0.05, 0) is 25.8 Å². The molecule has 2 aromatic rings. The molecule has 4 heteroatoms. The van der Waals surface area contributed by atoms with Gasteiger partial charge in [0.05, 0.1) is 5.56 Å². The molecule has 1 heterocycles. The SMILES string of the molecule is Cc1[nH]c2ccccc2c1C(=O)C(=O)NC1CCCCC1. The molecule has 1 aliphatic carbocycles. The Kier molecular flexibility index (Phi) is 3.78. The second kappa shape index (κ2) is 5.72. The van der Waals surface area contributed by atoms with Crippen molar-refractivity contribution in [2.45, 2.75) is 45.1 Å². The molecule has 110 valence electrons. The van der Waals surface area contributed by atoms with Gasteiger partial charge in [-0.25, -0.2) is 0 Å². The van der Waals surface area contributed by atoms with Crippen molar-refractivity contribution in [2.75, 3.05) is 0 Å². The van der Waals surface area contributed by atoms with Crippen molar-refractivity contribution in [3.63, 3.8) is 0 Å². The molecule has 0 radical (unpaired) electrons. The molecule has 0 aliphatic heterocycles. The van der Waals surface area contributed by atoms with E-state index in [0.717, 1.165) is 42.3 Å². The number of amides is 1. The Hall–Kier alpha value is -2.10. The lowest BCUT2D eigenvalue weighted by atomic mass is 9.95. The molecule has 1 saturated carbocycles. The van der Waals surface area contributed by atoms with Gasteiger partial charge in [-0.2, -0.15) is 0 Å². The molecular weight excluding hydrogens is 264 g/mol. The molecule has 0 bridgehead atoms. The smallest absolute Gasteiger partial charge is 0.292 e. The van der Waals surface area contributed by atoms with Crippen molar-refractivity contribution < 1.29 is 9.59 Å². The van der Waals surface area contributed by atoms with Gasteiger partial charge in [0.1, 0.15) is 0 Å². The van der Waals surface area contributed by atoms with Crippen LogP contribution >= 0.6 is 0 Å². The van der Waals surface area contributed by atoms with Crippen LogP contribution in [0.25, 0.3) is 10.9 Å². The summed E-state index contributed by atoms with van der Waals surface area (Å²) in [7, 11) is 0. The number of benzene rings is 1. The van der Waals surface area contributed by atoms with Gasteiger partial charge in [0, 0.05) is 22.6 Å². The zero-order chi connectivity index (χ0) is 14.8. The predicted molar refractivity (Wildman–Crippen MR) is 82.4 cm³/mol. The van der Waals surface area contributed by atoms with Gasteiger partial charge in [-0.1, -0.05) is 37.5 Å². The summed E-state index contributed by atoms with van der Waals surface area (Å²) in [6, 6.07) is 7.73. The van der Waals surface area contributed by atoms with Gasteiger partial charge < -0.3 is 10.3 Å². The van der Waals surface area contributed by atoms with E-state index in [9.17, 15) is 9.59 Å². The number of hydrogen-bond acceptors (Lipinski definition) is 2. The predicted octanol–water partition coefficient (Wildman–Crippen LogP) is 3.11. The maximum absolute atomic E-state index is 12.5. The van der Waals surface area contributed by atoms with Crippen LogP contribution in [-0.4, -0.2) is 22.7 Å². The Morgan fingerprint density at radius 3 is 2.62 bits per heavy atom. The quantitative estimate of drug-likeness (QED) is 0.672. The summed E-state index contributed by atoms with van der Waals surface area (Å²) in [4.78, 5) is 27.9. The van der Waals surface area contributed by atoms with Crippen LogP contribution in [0.15, 0.2) is 24.3 Å². The molecule has 1 fully saturated rings. The van der Waals surface area contributed by atoms with Crippen molar-refractivity contribution in [2.24, 2.45) is 0 Å². The summed E-state index contributed by atoms with van der Waals surface area (Å²) in [6.07, 6.45) is 5.44. The Morgan fingerprint density at radius 2 is 1.86 bits per heavy atom. The number of carbonyl (C=O) groups excluding carboxylic acids is 2. The molecule has 1 aromatic carbocycles. The fourth-order valence-electron chi connectivity index (χ4n) is 3.18. The lowest BCUT2D eigenvalue weighted by Gasteiger charge is -2.22. The highest BCUT2D eigenvalue weighted by molar-refractivity contribution is 6.45. The summed E-state index contributed by atoms with van der Waals surface area (Å²) in [6.45, 7) is 1.83. The number of aryl methyl sites for hydroxylation is 1. The largest absolute Gasteiger partial charge is 0.358 e. The number of aromatic amines is 1. The molecule has 0 saturated heterocycles. The van der Waals surface area contributed by atoms with E-state index in [4.69, 9.17) is 0 Å². The Labute approximate surface area is 123 Å². The second-order valence-corrected chi connectivity index (χ2v) is 5.81. The number of carbonyl (C=O) groups is 2. The molecule has 0 unspecified atom stereocenters. The Bertz CT molecular complexity index is 681. The number of rotatable bonds is 3. The number of nitrogens with one attached hydrogen (secondary N) is 2. The first-order valence-corrected chi connectivity index (χ1v) is 7.59. The molecule has 1 amide bonds. The third-order valence-corrected chi connectivity index (χ3v) is 4.27. The third-order valence-electron chi connectivity index (χ3n) is 4.27. The van der Waals surface area contributed by atoms with Crippen LogP contribution in [0.1, 0.15) is 48.2 Å². The topological polar surface area (TPSA) is 62.0 Å². The molecule has 4 nitrogen and oxygen atoms in total. The summed E-state index contributed by atoms with van der Waals surface area (Å²) < 4.78 is 0. The lowest BCUT2D eigenvalue weighted by molar-refractivity contribution is -0.117.